The second-order valence-corrected chi connectivity index (χ2v) is 9.69. The molecule has 2 aromatic rings. The van der Waals surface area contributed by atoms with Gasteiger partial charge in [-0.15, -0.1) is 0 Å². The summed E-state index contributed by atoms with van der Waals surface area (Å²) in [5.74, 6) is -0.207. The predicted molar refractivity (Wildman–Crippen MR) is 145 cm³/mol. The average Bonchev–Trinajstić information content (AvgIpc) is 3.52. The van der Waals surface area contributed by atoms with Gasteiger partial charge in [0.25, 0.3) is 11.8 Å². The van der Waals surface area contributed by atoms with E-state index in [1.54, 1.807) is 37.3 Å². The highest BCUT2D eigenvalue weighted by atomic mass is 16.5. The Balaban J connectivity index is 1.47. The molecule has 1 N–H and O–H groups in total. The van der Waals surface area contributed by atoms with Crippen molar-refractivity contribution in [2.75, 3.05) is 31.8 Å². The fourth-order valence-electron chi connectivity index (χ4n) is 4.56. The van der Waals surface area contributed by atoms with Crippen LogP contribution >= 0.6 is 0 Å². The summed E-state index contributed by atoms with van der Waals surface area (Å²) in [6.45, 7) is 7.07. The number of carbonyl (C=O) groups excluding carboxylic acids is 3. The summed E-state index contributed by atoms with van der Waals surface area (Å²) in [6, 6.07) is 14.7. The lowest BCUT2D eigenvalue weighted by Gasteiger charge is -2.19. The first kappa shape index (κ1) is 27.1. The molecule has 0 aromatic heterocycles. The summed E-state index contributed by atoms with van der Waals surface area (Å²) >= 11 is 0. The van der Waals surface area contributed by atoms with Gasteiger partial charge in [0.05, 0.1) is 24.4 Å². The molecule has 1 fully saturated rings. The van der Waals surface area contributed by atoms with Gasteiger partial charge < -0.3 is 19.5 Å². The maximum absolute atomic E-state index is 13.5. The van der Waals surface area contributed by atoms with E-state index >= 15 is 0 Å². The van der Waals surface area contributed by atoms with Crippen molar-refractivity contribution in [2.24, 2.45) is 0 Å². The van der Waals surface area contributed by atoms with Gasteiger partial charge >= 0.3 is 5.97 Å². The summed E-state index contributed by atoms with van der Waals surface area (Å²) < 4.78 is 16.1. The smallest absolute Gasteiger partial charge is 0.340 e. The van der Waals surface area contributed by atoms with Crippen LogP contribution in [-0.2, 0) is 23.9 Å². The largest absolute Gasteiger partial charge is 0.484 e. The highest BCUT2D eigenvalue weighted by Crippen LogP contribution is 2.36. The third-order valence-electron chi connectivity index (χ3n) is 6.72. The second-order valence-electron chi connectivity index (χ2n) is 9.69. The van der Waals surface area contributed by atoms with E-state index in [0.717, 1.165) is 25.0 Å². The Kier molecular flexibility index (Phi) is 8.63. The molecule has 1 atom stereocenters. The first-order chi connectivity index (χ1) is 18.3. The number of methoxy groups -OCH3 is 1. The maximum atomic E-state index is 13.5. The van der Waals surface area contributed by atoms with Crippen LogP contribution in [0.15, 0.2) is 65.4 Å². The number of benzene rings is 2. The third kappa shape index (κ3) is 6.14. The Bertz CT molecular complexity index is 1240. The first-order valence-corrected chi connectivity index (χ1v) is 12.8. The minimum Gasteiger partial charge on any atom is -0.484 e. The van der Waals surface area contributed by atoms with E-state index in [4.69, 9.17) is 14.2 Å². The number of ether oxygens (including phenoxy) is 3. The molecule has 2 heterocycles. The van der Waals surface area contributed by atoms with Gasteiger partial charge in [-0.05, 0) is 67.2 Å². The van der Waals surface area contributed by atoms with Gasteiger partial charge in [0.15, 0.2) is 6.61 Å². The van der Waals surface area contributed by atoms with Gasteiger partial charge in [-0.25, -0.2) is 4.79 Å². The molecule has 2 aromatic carbocycles. The quantitative estimate of drug-likeness (QED) is 0.392. The zero-order chi connectivity index (χ0) is 27.2. The van der Waals surface area contributed by atoms with Crippen molar-refractivity contribution < 1.29 is 28.6 Å². The third-order valence-corrected chi connectivity index (χ3v) is 6.72. The van der Waals surface area contributed by atoms with E-state index in [-0.39, 0.29) is 35.7 Å². The molecular formula is C30H34N2O6. The van der Waals surface area contributed by atoms with E-state index in [0.29, 0.717) is 35.2 Å². The molecule has 0 radical (unpaired) electrons. The number of amides is 2. The molecule has 2 aliphatic rings. The number of nitrogens with zero attached hydrogens (tertiary/aromatic N) is 1. The van der Waals surface area contributed by atoms with Gasteiger partial charge in [-0.1, -0.05) is 38.1 Å². The van der Waals surface area contributed by atoms with Gasteiger partial charge in [0, 0.05) is 24.5 Å². The number of hydrogen-bond acceptors (Lipinski definition) is 6. The van der Waals surface area contributed by atoms with E-state index in [2.05, 4.69) is 19.2 Å². The van der Waals surface area contributed by atoms with E-state index in [1.165, 1.54) is 12.0 Å². The van der Waals surface area contributed by atoms with Crippen LogP contribution < -0.4 is 15.0 Å². The number of allylic oxidation sites excluding steroid dienone is 1. The molecule has 0 saturated carbocycles. The molecule has 4 rings (SSSR count). The molecule has 0 unspecified atom stereocenters. The molecule has 2 aliphatic heterocycles. The van der Waals surface area contributed by atoms with Crippen molar-refractivity contribution in [3.8, 4) is 5.75 Å². The van der Waals surface area contributed by atoms with Crippen LogP contribution in [0.2, 0.25) is 0 Å². The number of nitrogens with one attached hydrogen (secondary N) is 1. The molecule has 38 heavy (non-hydrogen) atoms. The summed E-state index contributed by atoms with van der Waals surface area (Å²) in [4.78, 5) is 39.8. The zero-order valence-electron chi connectivity index (χ0n) is 22.3. The lowest BCUT2D eigenvalue weighted by atomic mass is 10.0. The zero-order valence-corrected chi connectivity index (χ0v) is 22.3. The predicted octanol–water partition coefficient (Wildman–Crippen LogP) is 4.36. The molecule has 0 spiro atoms. The summed E-state index contributed by atoms with van der Waals surface area (Å²) in [7, 11) is 1.30. The van der Waals surface area contributed by atoms with Crippen LogP contribution in [0.1, 0.15) is 50.7 Å². The van der Waals surface area contributed by atoms with Gasteiger partial charge in [0.1, 0.15) is 5.75 Å². The van der Waals surface area contributed by atoms with Crippen molar-refractivity contribution in [3.63, 3.8) is 0 Å². The van der Waals surface area contributed by atoms with Gasteiger partial charge in [-0.3, -0.25) is 14.5 Å². The van der Waals surface area contributed by atoms with Gasteiger partial charge in [0.2, 0.25) is 0 Å². The average molecular weight is 519 g/mol. The number of carbonyl (C=O) groups is 3. The van der Waals surface area contributed by atoms with Crippen LogP contribution in [0.5, 0.6) is 5.75 Å². The van der Waals surface area contributed by atoms with Crippen LogP contribution in [0.4, 0.5) is 5.69 Å². The number of esters is 1. The lowest BCUT2D eigenvalue weighted by Crippen LogP contribution is -2.35. The fourth-order valence-corrected chi connectivity index (χ4v) is 4.56. The van der Waals surface area contributed by atoms with Crippen LogP contribution in [0.3, 0.4) is 0 Å². The summed E-state index contributed by atoms with van der Waals surface area (Å²) in [6.07, 6.45) is 3.71. The first-order valence-electron chi connectivity index (χ1n) is 12.8. The Morgan fingerprint density at radius 2 is 1.84 bits per heavy atom. The van der Waals surface area contributed by atoms with E-state index in [1.807, 2.05) is 24.3 Å². The highest BCUT2D eigenvalue weighted by Gasteiger charge is 2.37. The Hall–Kier alpha value is -3.91. The Morgan fingerprint density at radius 1 is 1.13 bits per heavy atom. The molecule has 200 valence electrons. The molecule has 8 nitrogen and oxygen atoms in total. The van der Waals surface area contributed by atoms with Gasteiger partial charge in [-0.2, -0.15) is 0 Å². The number of anilines is 1. The Morgan fingerprint density at radius 3 is 2.45 bits per heavy atom. The summed E-state index contributed by atoms with van der Waals surface area (Å²) in [5.41, 5.74) is 3.55. The fraction of sp³-hybridized carbons (Fsp3) is 0.367. The van der Waals surface area contributed by atoms with E-state index in [9.17, 15) is 14.4 Å². The van der Waals surface area contributed by atoms with Crippen molar-refractivity contribution in [3.05, 3.63) is 76.5 Å². The minimum atomic E-state index is -0.572. The molecule has 2 amide bonds. The monoisotopic (exact) mass is 518 g/mol. The van der Waals surface area contributed by atoms with Crippen LogP contribution in [0.25, 0.3) is 6.08 Å². The maximum Gasteiger partial charge on any atom is 0.340 e. The Labute approximate surface area is 223 Å². The molecule has 0 aliphatic carbocycles. The van der Waals surface area contributed by atoms with Crippen molar-refractivity contribution in [2.45, 2.75) is 45.6 Å². The molecular weight excluding hydrogens is 484 g/mol. The van der Waals surface area contributed by atoms with Crippen molar-refractivity contribution in [1.82, 2.24) is 5.32 Å². The SMILES string of the molecule is COC(=O)C1=C(C)N(c2ccc(C(C)C)cc2)C(=O)/C1=C\c1ccc(OCC(=O)NC[C@H]2CCCO2)cc1. The topological polar surface area (TPSA) is 94.2 Å². The molecule has 8 heteroatoms. The normalized spacial score (nSPS) is 18.4. The number of hydrogen-bond donors (Lipinski definition) is 1. The molecule has 1 saturated heterocycles. The standard InChI is InChI=1S/C30H34N2O6/c1-19(2)22-9-11-23(12-10-22)32-20(3)28(30(35)36-4)26(29(32)34)16-21-7-13-24(14-8-21)38-18-27(33)31-17-25-6-5-15-37-25/h7-14,16,19,25H,5-6,15,17-18H2,1-4H3,(H,31,33)/b26-16-/t25-/m1/s1. The number of rotatable bonds is 9. The summed E-state index contributed by atoms with van der Waals surface area (Å²) in [5, 5.41) is 2.82. The van der Waals surface area contributed by atoms with E-state index < -0.39 is 5.97 Å². The van der Waals surface area contributed by atoms with Crippen molar-refractivity contribution in [1.29, 1.82) is 0 Å². The van der Waals surface area contributed by atoms with Crippen LogP contribution in [-0.4, -0.2) is 50.8 Å². The minimum absolute atomic E-state index is 0.0764. The van der Waals surface area contributed by atoms with Crippen LogP contribution in [0, 0.1) is 0 Å². The highest BCUT2D eigenvalue weighted by molar-refractivity contribution is 6.23. The molecule has 0 bridgehead atoms. The lowest BCUT2D eigenvalue weighted by molar-refractivity contribution is -0.136. The van der Waals surface area contributed by atoms with Crippen molar-refractivity contribution >= 4 is 29.5 Å². The second kappa shape index (κ2) is 12.1.